The molecule has 0 spiro atoms. The van der Waals surface area contributed by atoms with Crippen LogP contribution in [-0.2, 0) is 0 Å². The molecule has 0 amide bonds. The van der Waals surface area contributed by atoms with Gasteiger partial charge in [-0.15, -0.1) is 0 Å². The molecule has 3 saturated carbocycles. The predicted molar refractivity (Wildman–Crippen MR) is 123 cm³/mol. The summed E-state index contributed by atoms with van der Waals surface area (Å²) in [7, 11) is 0. The highest BCUT2D eigenvalue weighted by atomic mass is 16.3. The van der Waals surface area contributed by atoms with Crippen molar-refractivity contribution < 1.29 is 5.11 Å². The van der Waals surface area contributed by atoms with Gasteiger partial charge in [-0.25, -0.2) is 0 Å². The molecule has 160 valence electrons. The maximum absolute atomic E-state index is 10.2. The lowest BCUT2D eigenvalue weighted by Crippen LogP contribution is -2.46. The first-order valence-corrected chi connectivity index (χ1v) is 12.1. The number of aliphatic hydroxyl groups is 1. The largest absolute Gasteiger partial charge is 0.393 e. The van der Waals surface area contributed by atoms with E-state index in [1.54, 1.807) is 5.57 Å². The second-order valence-corrected chi connectivity index (χ2v) is 11.4. The summed E-state index contributed by atoms with van der Waals surface area (Å²) in [5.74, 6) is 3.36. The Morgan fingerprint density at radius 1 is 1.07 bits per heavy atom. The molecule has 0 radical (unpaired) electrons. The van der Waals surface area contributed by atoms with Crippen molar-refractivity contribution >= 4 is 0 Å². The van der Waals surface area contributed by atoms with E-state index in [9.17, 15) is 5.11 Å². The second kappa shape index (κ2) is 7.56. The third-order valence-electron chi connectivity index (χ3n) is 9.73. The Bertz CT molecular complexity index is 754. The van der Waals surface area contributed by atoms with Crippen LogP contribution in [0.5, 0.6) is 0 Å². The van der Waals surface area contributed by atoms with Gasteiger partial charge in [0.25, 0.3) is 0 Å². The van der Waals surface area contributed by atoms with Crippen LogP contribution in [0.4, 0.5) is 0 Å². The molecule has 0 aromatic carbocycles. The molecule has 4 aliphatic carbocycles. The Kier molecular flexibility index (Phi) is 5.52. The first-order valence-electron chi connectivity index (χ1n) is 12.1. The number of hydrogen-bond donors (Lipinski definition) is 1. The van der Waals surface area contributed by atoms with E-state index in [-0.39, 0.29) is 6.10 Å². The maximum Gasteiger partial charge on any atom is 0.0578 e. The van der Waals surface area contributed by atoms with Crippen molar-refractivity contribution in [3.63, 3.8) is 0 Å². The van der Waals surface area contributed by atoms with Gasteiger partial charge in [0.1, 0.15) is 0 Å². The van der Waals surface area contributed by atoms with Gasteiger partial charge in [-0.3, -0.25) is 0 Å². The quantitative estimate of drug-likeness (QED) is 0.498. The smallest absolute Gasteiger partial charge is 0.0578 e. The molecule has 1 heteroatoms. The van der Waals surface area contributed by atoms with E-state index < -0.39 is 0 Å². The minimum absolute atomic E-state index is 0.122. The fraction of sp³-hybridized carbons (Fsp3) is 0.714. The zero-order chi connectivity index (χ0) is 21.0. The molecule has 1 N–H and O–H groups in total. The van der Waals surface area contributed by atoms with Crippen LogP contribution in [0.2, 0.25) is 0 Å². The van der Waals surface area contributed by atoms with Crippen LogP contribution < -0.4 is 0 Å². The molecule has 4 aliphatic rings. The SMILES string of the molecule is C=C(C)C(C)C=CC(C)C1CCC2C3=CC=C4CC(O)CCC4(C)C3CCC21C. The summed E-state index contributed by atoms with van der Waals surface area (Å²) in [4.78, 5) is 0. The fourth-order valence-electron chi connectivity index (χ4n) is 7.53. The molecule has 0 saturated heterocycles. The summed E-state index contributed by atoms with van der Waals surface area (Å²) < 4.78 is 0. The topological polar surface area (TPSA) is 20.2 Å². The molecule has 0 bridgehead atoms. The van der Waals surface area contributed by atoms with Crippen LogP contribution in [0.15, 0.2) is 47.6 Å². The molecule has 3 fully saturated rings. The summed E-state index contributed by atoms with van der Waals surface area (Å²) in [6.45, 7) is 16.1. The number of rotatable bonds is 4. The molecule has 8 atom stereocenters. The highest BCUT2D eigenvalue weighted by Crippen LogP contribution is 2.65. The first-order chi connectivity index (χ1) is 13.7. The highest BCUT2D eigenvalue weighted by molar-refractivity contribution is 5.39. The van der Waals surface area contributed by atoms with Crippen molar-refractivity contribution in [2.45, 2.75) is 85.7 Å². The predicted octanol–water partition coefficient (Wildman–Crippen LogP) is 7.25. The van der Waals surface area contributed by atoms with E-state index >= 15 is 0 Å². The molecule has 0 heterocycles. The molecule has 0 aromatic heterocycles. The minimum atomic E-state index is -0.122. The Balaban J connectivity index is 1.57. The monoisotopic (exact) mass is 394 g/mol. The van der Waals surface area contributed by atoms with Gasteiger partial charge < -0.3 is 5.11 Å². The third kappa shape index (κ3) is 3.42. The molecule has 0 aliphatic heterocycles. The van der Waals surface area contributed by atoms with Crippen LogP contribution in [0.1, 0.15) is 79.6 Å². The normalized spacial score (nSPS) is 43.7. The van der Waals surface area contributed by atoms with E-state index in [2.05, 4.69) is 65.5 Å². The Morgan fingerprint density at radius 2 is 1.83 bits per heavy atom. The molecular weight excluding hydrogens is 352 g/mol. The zero-order valence-corrected chi connectivity index (χ0v) is 19.4. The average Bonchev–Trinajstić information content (AvgIpc) is 3.03. The van der Waals surface area contributed by atoms with E-state index in [4.69, 9.17) is 0 Å². The van der Waals surface area contributed by atoms with Crippen LogP contribution in [0.25, 0.3) is 0 Å². The number of hydrogen-bond acceptors (Lipinski definition) is 1. The van der Waals surface area contributed by atoms with Gasteiger partial charge >= 0.3 is 0 Å². The van der Waals surface area contributed by atoms with Gasteiger partial charge in [-0.2, -0.15) is 0 Å². The Morgan fingerprint density at radius 3 is 2.55 bits per heavy atom. The van der Waals surface area contributed by atoms with Gasteiger partial charge in [0.2, 0.25) is 0 Å². The van der Waals surface area contributed by atoms with Crippen molar-refractivity contribution in [1.82, 2.24) is 0 Å². The highest BCUT2D eigenvalue weighted by Gasteiger charge is 2.56. The van der Waals surface area contributed by atoms with Crippen LogP contribution in [0.3, 0.4) is 0 Å². The van der Waals surface area contributed by atoms with Gasteiger partial charge in [-0.1, -0.05) is 75.3 Å². The van der Waals surface area contributed by atoms with E-state index in [1.807, 2.05) is 0 Å². The molecule has 0 aromatic rings. The van der Waals surface area contributed by atoms with Gasteiger partial charge in [-0.05, 0) is 92.3 Å². The maximum atomic E-state index is 10.2. The minimum Gasteiger partial charge on any atom is -0.393 e. The van der Waals surface area contributed by atoms with Crippen molar-refractivity contribution in [3.05, 3.63) is 47.6 Å². The van der Waals surface area contributed by atoms with E-state index in [0.717, 1.165) is 31.1 Å². The van der Waals surface area contributed by atoms with Crippen LogP contribution >= 0.6 is 0 Å². The van der Waals surface area contributed by atoms with E-state index in [1.165, 1.54) is 36.8 Å². The lowest BCUT2D eigenvalue weighted by atomic mass is 9.50. The lowest BCUT2D eigenvalue weighted by Gasteiger charge is -2.55. The lowest BCUT2D eigenvalue weighted by molar-refractivity contribution is 0.0383. The Hall–Kier alpha value is -1.08. The number of fused-ring (bicyclic) bond motifs is 5. The molecule has 4 rings (SSSR count). The third-order valence-corrected chi connectivity index (χ3v) is 9.73. The molecule has 8 unspecified atom stereocenters. The standard InChI is InChI=1S/C28H42O/c1-18(2)19(3)7-8-20(4)24-11-12-25-23-10-9-21-17-22(29)13-15-27(21,5)26(23)14-16-28(24,25)6/h7-10,19-20,22,24-26,29H,1,11-17H2,2-6H3. The number of allylic oxidation sites excluding steroid dienone is 6. The summed E-state index contributed by atoms with van der Waals surface area (Å²) in [6.07, 6.45) is 18.1. The van der Waals surface area contributed by atoms with E-state index in [0.29, 0.717) is 28.6 Å². The second-order valence-electron chi connectivity index (χ2n) is 11.4. The van der Waals surface area contributed by atoms with Gasteiger partial charge in [0.05, 0.1) is 6.10 Å². The number of aliphatic hydroxyl groups excluding tert-OH is 1. The Labute approximate surface area is 179 Å². The van der Waals surface area contributed by atoms with Gasteiger partial charge in [0, 0.05) is 0 Å². The first kappa shape index (κ1) is 21.2. The van der Waals surface area contributed by atoms with Crippen molar-refractivity contribution in [3.8, 4) is 0 Å². The van der Waals surface area contributed by atoms with Gasteiger partial charge in [0.15, 0.2) is 0 Å². The summed E-state index contributed by atoms with van der Waals surface area (Å²) >= 11 is 0. The van der Waals surface area contributed by atoms with Crippen molar-refractivity contribution in [2.75, 3.05) is 0 Å². The van der Waals surface area contributed by atoms with Crippen molar-refractivity contribution in [1.29, 1.82) is 0 Å². The molecule has 1 nitrogen and oxygen atoms in total. The molecule has 29 heavy (non-hydrogen) atoms. The summed E-state index contributed by atoms with van der Waals surface area (Å²) in [5, 5.41) is 10.2. The average molecular weight is 395 g/mol. The fourth-order valence-corrected chi connectivity index (χ4v) is 7.53. The summed E-state index contributed by atoms with van der Waals surface area (Å²) in [5.41, 5.74) is 5.27. The van der Waals surface area contributed by atoms with Crippen molar-refractivity contribution in [2.24, 2.45) is 40.4 Å². The van der Waals surface area contributed by atoms with Crippen LogP contribution in [0, 0.1) is 40.4 Å². The summed E-state index contributed by atoms with van der Waals surface area (Å²) in [6, 6.07) is 0. The molecular formula is C28H42O. The van der Waals surface area contributed by atoms with Crippen LogP contribution in [-0.4, -0.2) is 11.2 Å². The zero-order valence-electron chi connectivity index (χ0n) is 19.4.